The van der Waals surface area contributed by atoms with Gasteiger partial charge in [-0.05, 0) is 58.2 Å². The maximum Gasteiger partial charge on any atom is 0.161 e. The van der Waals surface area contributed by atoms with Gasteiger partial charge in [-0.1, -0.05) is 35.9 Å². The van der Waals surface area contributed by atoms with Crippen molar-refractivity contribution in [3.63, 3.8) is 0 Å². The molecular formula is C16H11BrClFO. The van der Waals surface area contributed by atoms with Crippen molar-refractivity contribution in [3.8, 4) is 0 Å². The predicted octanol–water partition coefficient (Wildman–Crippen LogP) is 5.33. The predicted molar refractivity (Wildman–Crippen MR) is 84.3 cm³/mol. The number of benzene rings is 2. The topological polar surface area (TPSA) is 17.1 Å². The molecule has 0 aromatic heterocycles. The molecule has 0 atom stereocenters. The van der Waals surface area contributed by atoms with Crippen LogP contribution in [0.5, 0.6) is 0 Å². The normalized spacial score (nSPS) is 12.0. The number of allylic oxidation sites excluding steroid dienone is 1. The Hall–Kier alpha value is -1.45. The molecule has 0 N–H and O–H groups in total. The van der Waals surface area contributed by atoms with Crippen molar-refractivity contribution in [1.29, 1.82) is 0 Å². The Balaban J connectivity index is 2.56. The Morgan fingerprint density at radius 2 is 1.50 bits per heavy atom. The SMILES string of the molecule is CC(=O)/C(=C(/Br)c1ccc(Cl)cc1)c1ccc(F)cc1. The molecule has 0 unspecified atom stereocenters. The summed E-state index contributed by atoms with van der Waals surface area (Å²) in [4.78, 5) is 11.9. The van der Waals surface area contributed by atoms with Crippen molar-refractivity contribution in [2.45, 2.75) is 6.92 Å². The Labute approximate surface area is 130 Å². The number of hydrogen-bond donors (Lipinski definition) is 0. The van der Waals surface area contributed by atoms with Crippen molar-refractivity contribution in [2.75, 3.05) is 0 Å². The zero-order valence-electron chi connectivity index (χ0n) is 10.7. The number of Topliss-reactive ketones (excluding diaryl/α,β-unsaturated/α-hetero) is 1. The summed E-state index contributed by atoms with van der Waals surface area (Å²) in [7, 11) is 0. The van der Waals surface area contributed by atoms with E-state index < -0.39 is 0 Å². The van der Waals surface area contributed by atoms with Crippen molar-refractivity contribution < 1.29 is 9.18 Å². The highest BCUT2D eigenvalue weighted by molar-refractivity contribution is 9.15. The highest BCUT2D eigenvalue weighted by Crippen LogP contribution is 2.32. The Kier molecular flexibility index (Phi) is 4.73. The molecule has 0 fully saturated rings. The van der Waals surface area contributed by atoms with Crippen LogP contribution in [0.2, 0.25) is 5.02 Å². The number of rotatable bonds is 3. The molecule has 0 aliphatic carbocycles. The molecule has 0 bridgehead atoms. The Bertz CT molecular complexity index is 660. The number of carbonyl (C=O) groups is 1. The molecule has 0 saturated carbocycles. The monoisotopic (exact) mass is 352 g/mol. The summed E-state index contributed by atoms with van der Waals surface area (Å²) in [5.41, 5.74) is 2.01. The Morgan fingerprint density at radius 3 is 2.00 bits per heavy atom. The molecule has 2 aromatic carbocycles. The molecule has 0 aliphatic heterocycles. The summed E-state index contributed by atoms with van der Waals surface area (Å²) in [6.07, 6.45) is 0. The molecule has 1 nitrogen and oxygen atoms in total. The molecule has 102 valence electrons. The highest BCUT2D eigenvalue weighted by atomic mass is 79.9. The first-order chi connectivity index (χ1) is 9.49. The van der Waals surface area contributed by atoms with Crippen LogP contribution in [-0.4, -0.2) is 5.78 Å². The van der Waals surface area contributed by atoms with E-state index in [0.29, 0.717) is 20.6 Å². The molecule has 0 spiro atoms. The van der Waals surface area contributed by atoms with E-state index in [2.05, 4.69) is 15.9 Å². The van der Waals surface area contributed by atoms with Gasteiger partial charge in [0.2, 0.25) is 0 Å². The second kappa shape index (κ2) is 6.33. The van der Waals surface area contributed by atoms with E-state index in [1.807, 2.05) is 12.1 Å². The van der Waals surface area contributed by atoms with E-state index in [0.717, 1.165) is 5.56 Å². The lowest BCUT2D eigenvalue weighted by Crippen LogP contribution is -1.98. The fraction of sp³-hybridized carbons (Fsp3) is 0.0625. The minimum atomic E-state index is -0.334. The van der Waals surface area contributed by atoms with E-state index in [-0.39, 0.29) is 11.6 Å². The molecule has 0 amide bonds. The maximum absolute atomic E-state index is 13.0. The molecule has 20 heavy (non-hydrogen) atoms. The molecule has 0 radical (unpaired) electrons. The van der Waals surface area contributed by atoms with Crippen LogP contribution >= 0.6 is 27.5 Å². The molecular weight excluding hydrogens is 343 g/mol. The van der Waals surface area contributed by atoms with E-state index >= 15 is 0 Å². The van der Waals surface area contributed by atoms with Crippen molar-refractivity contribution in [2.24, 2.45) is 0 Å². The van der Waals surface area contributed by atoms with Crippen LogP contribution in [0.3, 0.4) is 0 Å². The van der Waals surface area contributed by atoms with Crippen LogP contribution in [0.15, 0.2) is 48.5 Å². The molecule has 4 heteroatoms. The van der Waals surface area contributed by atoms with Gasteiger partial charge in [0.15, 0.2) is 5.78 Å². The van der Waals surface area contributed by atoms with Crippen molar-refractivity contribution in [3.05, 3.63) is 70.5 Å². The van der Waals surface area contributed by atoms with E-state index in [9.17, 15) is 9.18 Å². The van der Waals surface area contributed by atoms with Crippen LogP contribution < -0.4 is 0 Å². The molecule has 0 aliphatic rings. The lowest BCUT2D eigenvalue weighted by Gasteiger charge is -2.09. The summed E-state index contributed by atoms with van der Waals surface area (Å²) < 4.78 is 13.7. The second-order valence-corrected chi connectivity index (χ2v) is 5.49. The van der Waals surface area contributed by atoms with Crippen molar-refractivity contribution in [1.82, 2.24) is 0 Å². The maximum atomic E-state index is 13.0. The average molecular weight is 354 g/mol. The summed E-state index contributed by atoms with van der Waals surface area (Å²) in [5, 5.41) is 0.625. The van der Waals surface area contributed by atoms with E-state index in [1.54, 1.807) is 24.3 Å². The fourth-order valence-electron chi connectivity index (χ4n) is 1.84. The number of hydrogen-bond acceptors (Lipinski definition) is 1. The quantitative estimate of drug-likeness (QED) is 0.538. The van der Waals surface area contributed by atoms with Crippen molar-refractivity contribution >= 4 is 43.4 Å². The molecule has 2 aromatic rings. The third-order valence-electron chi connectivity index (χ3n) is 2.80. The van der Waals surface area contributed by atoms with Gasteiger partial charge in [-0.25, -0.2) is 4.39 Å². The number of halogens is 3. The lowest BCUT2D eigenvalue weighted by molar-refractivity contribution is -0.111. The van der Waals surface area contributed by atoms with E-state index in [1.165, 1.54) is 19.1 Å². The zero-order chi connectivity index (χ0) is 14.7. The van der Waals surface area contributed by atoms with Gasteiger partial charge in [-0.15, -0.1) is 0 Å². The van der Waals surface area contributed by atoms with Crippen LogP contribution in [0.4, 0.5) is 4.39 Å². The van der Waals surface area contributed by atoms with Crippen LogP contribution in [-0.2, 0) is 4.79 Å². The summed E-state index contributed by atoms with van der Waals surface area (Å²) >= 11 is 9.31. The summed E-state index contributed by atoms with van der Waals surface area (Å²) in [6, 6.07) is 13.0. The molecule has 2 rings (SSSR count). The minimum absolute atomic E-state index is 0.0987. The summed E-state index contributed by atoms with van der Waals surface area (Å²) in [5.74, 6) is -0.433. The fourth-order valence-corrected chi connectivity index (χ4v) is 2.74. The van der Waals surface area contributed by atoms with Gasteiger partial charge in [0.05, 0.1) is 0 Å². The van der Waals surface area contributed by atoms with Gasteiger partial charge in [0, 0.05) is 15.1 Å². The third-order valence-corrected chi connectivity index (χ3v) is 3.91. The first kappa shape index (κ1) is 14.9. The van der Waals surface area contributed by atoms with Gasteiger partial charge in [-0.2, -0.15) is 0 Å². The molecule has 0 saturated heterocycles. The van der Waals surface area contributed by atoms with Gasteiger partial charge < -0.3 is 0 Å². The second-order valence-electron chi connectivity index (χ2n) is 4.26. The highest BCUT2D eigenvalue weighted by Gasteiger charge is 2.14. The zero-order valence-corrected chi connectivity index (χ0v) is 13.0. The van der Waals surface area contributed by atoms with Gasteiger partial charge >= 0.3 is 0 Å². The van der Waals surface area contributed by atoms with Gasteiger partial charge in [0.1, 0.15) is 5.82 Å². The average Bonchev–Trinajstić information content (AvgIpc) is 2.41. The smallest absolute Gasteiger partial charge is 0.161 e. The Morgan fingerprint density at radius 1 is 1.00 bits per heavy atom. The van der Waals surface area contributed by atoms with Gasteiger partial charge in [-0.3, -0.25) is 4.79 Å². The largest absolute Gasteiger partial charge is 0.294 e. The van der Waals surface area contributed by atoms with E-state index in [4.69, 9.17) is 11.6 Å². The van der Waals surface area contributed by atoms with Gasteiger partial charge in [0.25, 0.3) is 0 Å². The third kappa shape index (κ3) is 3.35. The number of carbonyl (C=O) groups excluding carboxylic acids is 1. The minimum Gasteiger partial charge on any atom is -0.294 e. The van der Waals surface area contributed by atoms with Crippen LogP contribution in [0.1, 0.15) is 18.1 Å². The standard InChI is InChI=1S/C16H11BrClFO/c1-10(20)15(11-4-8-14(19)9-5-11)16(17)12-2-6-13(18)7-3-12/h2-9H,1H3/b16-15-. The first-order valence-corrected chi connectivity index (χ1v) is 7.08. The molecule has 0 heterocycles. The van der Waals surface area contributed by atoms with Crippen LogP contribution in [0.25, 0.3) is 10.1 Å². The lowest BCUT2D eigenvalue weighted by atomic mass is 9.99. The first-order valence-electron chi connectivity index (χ1n) is 5.91. The summed E-state index contributed by atoms with van der Waals surface area (Å²) in [6.45, 7) is 1.48. The van der Waals surface area contributed by atoms with Crippen LogP contribution in [0, 0.1) is 5.82 Å². The number of ketones is 1.